The highest BCUT2D eigenvalue weighted by Crippen LogP contribution is 2.26. The number of nitrogens with zero attached hydrogens (tertiary/aromatic N) is 3. The maximum Gasteiger partial charge on any atom is 0.292 e. The van der Waals surface area contributed by atoms with E-state index in [0.717, 1.165) is 5.56 Å². The molecule has 0 unspecified atom stereocenters. The summed E-state index contributed by atoms with van der Waals surface area (Å²) in [5.74, 6) is 0.675. The van der Waals surface area contributed by atoms with Gasteiger partial charge in [-0.15, -0.1) is 5.11 Å². The summed E-state index contributed by atoms with van der Waals surface area (Å²) in [6.45, 7) is 0. The normalized spacial score (nSPS) is 11.0. The fourth-order valence-corrected chi connectivity index (χ4v) is 1.95. The van der Waals surface area contributed by atoms with Gasteiger partial charge in [0.1, 0.15) is 5.75 Å². The molecule has 0 saturated carbocycles. The molecule has 0 aliphatic carbocycles. The van der Waals surface area contributed by atoms with Gasteiger partial charge in [-0.25, -0.2) is 0 Å². The zero-order valence-corrected chi connectivity index (χ0v) is 11.8. The SMILES string of the molecule is COc1cccc(N=Nc2c(-c3ccncc3)[nH][nH]c2=O)c1. The molecule has 0 radical (unpaired) electrons. The summed E-state index contributed by atoms with van der Waals surface area (Å²) >= 11 is 0. The lowest BCUT2D eigenvalue weighted by Crippen LogP contribution is -1.96. The van der Waals surface area contributed by atoms with Gasteiger partial charge < -0.3 is 4.74 Å². The van der Waals surface area contributed by atoms with E-state index < -0.39 is 0 Å². The molecule has 3 rings (SSSR count). The van der Waals surface area contributed by atoms with Crippen molar-refractivity contribution in [2.75, 3.05) is 7.11 Å². The number of benzene rings is 1. The molecule has 7 heteroatoms. The molecule has 110 valence electrons. The third kappa shape index (κ3) is 2.78. The van der Waals surface area contributed by atoms with Crippen LogP contribution in [0.15, 0.2) is 63.8 Å². The maximum absolute atomic E-state index is 11.9. The van der Waals surface area contributed by atoms with Crippen molar-refractivity contribution >= 4 is 11.4 Å². The van der Waals surface area contributed by atoms with Gasteiger partial charge in [0.25, 0.3) is 5.56 Å². The van der Waals surface area contributed by atoms with E-state index in [0.29, 0.717) is 17.1 Å². The number of aromatic nitrogens is 3. The lowest BCUT2D eigenvalue weighted by atomic mass is 10.2. The van der Waals surface area contributed by atoms with Gasteiger partial charge in [-0.3, -0.25) is 20.0 Å². The Kier molecular flexibility index (Phi) is 3.78. The Morgan fingerprint density at radius 3 is 2.68 bits per heavy atom. The van der Waals surface area contributed by atoms with Crippen LogP contribution >= 0.6 is 0 Å². The highest BCUT2D eigenvalue weighted by molar-refractivity contribution is 5.70. The fraction of sp³-hybridized carbons (Fsp3) is 0.0667. The number of aromatic amines is 2. The number of nitrogens with one attached hydrogen (secondary N) is 2. The van der Waals surface area contributed by atoms with Crippen LogP contribution in [0, 0.1) is 0 Å². The van der Waals surface area contributed by atoms with Crippen LogP contribution in [0.5, 0.6) is 5.75 Å². The average Bonchev–Trinajstić information content (AvgIpc) is 2.95. The molecule has 0 amide bonds. The van der Waals surface area contributed by atoms with Crippen LogP contribution in [0.25, 0.3) is 11.3 Å². The van der Waals surface area contributed by atoms with E-state index in [2.05, 4.69) is 25.4 Å². The Morgan fingerprint density at radius 1 is 1.09 bits per heavy atom. The number of pyridine rings is 1. The molecule has 1 aromatic carbocycles. The summed E-state index contributed by atoms with van der Waals surface area (Å²) in [6.07, 6.45) is 3.28. The topological polar surface area (TPSA) is 95.5 Å². The van der Waals surface area contributed by atoms with Crippen molar-refractivity contribution < 1.29 is 4.74 Å². The first-order chi connectivity index (χ1) is 10.8. The maximum atomic E-state index is 11.9. The molecule has 0 saturated heterocycles. The largest absolute Gasteiger partial charge is 0.497 e. The number of hydrogen-bond donors (Lipinski definition) is 2. The zero-order chi connectivity index (χ0) is 15.4. The molecule has 3 aromatic rings. The van der Waals surface area contributed by atoms with Gasteiger partial charge >= 0.3 is 0 Å². The average molecular weight is 295 g/mol. The molecule has 0 spiro atoms. The van der Waals surface area contributed by atoms with Crippen molar-refractivity contribution in [1.82, 2.24) is 15.2 Å². The minimum absolute atomic E-state index is 0.217. The van der Waals surface area contributed by atoms with Crippen LogP contribution in [0.4, 0.5) is 11.4 Å². The van der Waals surface area contributed by atoms with E-state index in [-0.39, 0.29) is 11.2 Å². The van der Waals surface area contributed by atoms with Gasteiger partial charge in [0.05, 0.1) is 18.5 Å². The number of methoxy groups -OCH3 is 1. The first-order valence-electron chi connectivity index (χ1n) is 6.55. The molecule has 22 heavy (non-hydrogen) atoms. The van der Waals surface area contributed by atoms with Crippen LogP contribution in [0.3, 0.4) is 0 Å². The van der Waals surface area contributed by atoms with Gasteiger partial charge in [0, 0.05) is 24.0 Å². The van der Waals surface area contributed by atoms with E-state index in [1.54, 1.807) is 49.8 Å². The number of ether oxygens (including phenoxy) is 1. The molecule has 2 N–H and O–H groups in total. The minimum Gasteiger partial charge on any atom is -0.497 e. The zero-order valence-electron chi connectivity index (χ0n) is 11.8. The predicted octanol–water partition coefficient (Wildman–Crippen LogP) is 3.19. The lowest BCUT2D eigenvalue weighted by molar-refractivity contribution is 0.415. The second-order valence-corrected chi connectivity index (χ2v) is 4.44. The Labute approximate surface area is 125 Å². The summed E-state index contributed by atoms with van der Waals surface area (Å²) in [6, 6.07) is 10.7. The van der Waals surface area contributed by atoms with Crippen LogP contribution in [0.2, 0.25) is 0 Å². The molecule has 2 heterocycles. The standard InChI is InChI=1S/C15H13N5O2/c1-22-12-4-2-3-11(9-12)17-19-14-13(18-20-15(14)21)10-5-7-16-8-6-10/h2-9H,1H3,(H2,18,20,21). The molecule has 0 aliphatic rings. The van der Waals surface area contributed by atoms with Crippen molar-refractivity contribution in [3.63, 3.8) is 0 Å². The van der Waals surface area contributed by atoms with Crippen LogP contribution in [-0.4, -0.2) is 22.3 Å². The minimum atomic E-state index is -0.335. The van der Waals surface area contributed by atoms with Gasteiger partial charge in [-0.2, -0.15) is 5.11 Å². The molecular formula is C15H13N5O2. The first-order valence-corrected chi connectivity index (χ1v) is 6.55. The fourth-order valence-electron chi connectivity index (χ4n) is 1.95. The Hall–Kier alpha value is -3.22. The predicted molar refractivity (Wildman–Crippen MR) is 81.8 cm³/mol. The molecule has 0 fully saturated rings. The third-order valence-corrected chi connectivity index (χ3v) is 3.04. The quantitative estimate of drug-likeness (QED) is 0.723. The molecule has 0 aliphatic heterocycles. The van der Waals surface area contributed by atoms with Crippen LogP contribution in [0.1, 0.15) is 0 Å². The van der Waals surface area contributed by atoms with Gasteiger partial charge in [-0.1, -0.05) is 6.07 Å². The van der Waals surface area contributed by atoms with E-state index in [1.807, 2.05) is 6.07 Å². The Morgan fingerprint density at radius 2 is 1.91 bits per heavy atom. The van der Waals surface area contributed by atoms with Gasteiger partial charge in [0.2, 0.25) is 0 Å². The molecule has 0 bridgehead atoms. The summed E-state index contributed by atoms with van der Waals surface area (Å²) in [7, 11) is 1.58. The van der Waals surface area contributed by atoms with E-state index >= 15 is 0 Å². The van der Waals surface area contributed by atoms with E-state index in [1.165, 1.54) is 0 Å². The molecular weight excluding hydrogens is 282 g/mol. The number of azo groups is 1. The third-order valence-electron chi connectivity index (χ3n) is 3.04. The first kappa shape index (κ1) is 13.7. The van der Waals surface area contributed by atoms with E-state index in [9.17, 15) is 4.79 Å². The summed E-state index contributed by atoms with van der Waals surface area (Å²) in [5.41, 5.74) is 1.85. The highest BCUT2D eigenvalue weighted by Gasteiger charge is 2.11. The summed E-state index contributed by atoms with van der Waals surface area (Å²) in [5, 5.41) is 13.5. The monoisotopic (exact) mass is 295 g/mol. The second kappa shape index (κ2) is 6.04. The Bertz CT molecular complexity index is 852. The van der Waals surface area contributed by atoms with Crippen molar-refractivity contribution in [3.05, 3.63) is 59.1 Å². The number of rotatable bonds is 4. The molecule has 7 nitrogen and oxygen atoms in total. The smallest absolute Gasteiger partial charge is 0.292 e. The molecule has 0 atom stereocenters. The van der Waals surface area contributed by atoms with Crippen LogP contribution in [-0.2, 0) is 0 Å². The van der Waals surface area contributed by atoms with Crippen molar-refractivity contribution in [3.8, 4) is 17.0 Å². The van der Waals surface area contributed by atoms with Crippen molar-refractivity contribution in [1.29, 1.82) is 0 Å². The van der Waals surface area contributed by atoms with Crippen LogP contribution < -0.4 is 10.3 Å². The van der Waals surface area contributed by atoms with Crippen molar-refractivity contribution in [2.24, 2.45) is 10.2 Å². The highest BCUT2D eigenvalue weighted by atomic mass is 16.5. The summed E-state index contributed by atoms with van der Waals surface area (Å²) < 4.78 is 5.13. The number of H-pyrrole nitrogens is 2. The second-order valence-electron chi connectivity index (χ2n) is 4.44. The van der Waals surface area contributed by atoms with Gasteiger partial charge in [-0.05, 0) is 24.3 Å². The summed E-state index contributed by atoms with van der Waals surface area (Å²) in [4.78, 5) is 15.8. The van der Waals surface area contributed by atoms with Gasteiger partial charge in [0.15, 0.2) is 5.69 Å². The van der Waals surface area contributed by atoms with Crippen molar-refractivity contribution in [2.45, 2.75) is 0 Å². The van der Waals surface area contributed by atoms with E-state index in [4.69, 9.17) is 4.74 Å². The lowest BCUT2D eigenvalue weighted by Gasteiger charge is -1.99. The molecule has 2 aromatic heterocycles. The Balaban J connectivity index is 1.97. The number of hydrogen-bond acceptors (Lipinski definition) is 5.